The minimum Gasteiger partial charge on any atom is -0.474 e. The Morgan fingerprint density at radius 3 is 2.60 bits per heavy atom. The van der Waals surface area contributed by atoms with Crippen molar-refractivity contribution >= 4 is 34.0 Å². The molecule has 0 aliphatic heterocycles. The van der Waals surface area contributed by atoms with Gasteiger partial charge in [0, 0.05) is 12.1 Å². The predicted octanol–water partition coefficient (Wildman–Crippen LogP) is 2.76. The molecule has 0 atom stereocenters. The Labute approximate surface area is 96.8 Å². The number of rotatable bonds is 3. The zero-order valence-corrected chi connectivity index (χ0v) is 9.64. The largest absolute Gasteiger partial charge is 0.474 e. The van der Waals surface area contributed by atoms with Crippen LogP contribution >= 0.6 is 24.0 Å². The van der Waals surface area contributed by atoms with Crippen molar-refractivity contribution in [2.24, 2.45) is 0 Å². The number of thiocarbonyl (C=S) groups is 1. The number of nitrogens with zero attached hydrogens (tertiary/aromatic N) is 1. The molecule has 0 spiro atoms. The van der Waals surface area contributed by atoms with Gasteiger partial charge < -0.3 is 4.74 Å². The molecule has 0 unspecified atom stereocenters. The molecule has 0 amide bonds. The van der Waals surface area contributed by atoms with Gasteiger partial charge >= 0.3 is 0 Å². The van der Waals surface area contributed by atoms with Gasteiger partial charge in [-0.15, -0.1) is 0 Å². The topological polar surface area (TPSA) is 52.4 Å². The summed E-state index contributed by atoms with van der Waals surface area (Å²) in [5, 5.41) is 10.4. The maximum atomic E-state index is 10.4. The molecule has 0 saturated carbocycles. The first-order valence-electron chi connectivity index (χ1n) is 4.07. The van der Waals surface area contributed by atoms with Crippen molar-refractivity contribution in [3.8, 4) is 0 Å². The summed E-state index contributed by atoms with van der Waals surface area (Å²) in [6.07, 6.45) is 1.83. The summed E-state index contributed by atoms with van der Waals surface area (Å²) in [4.78, 5) is 9.94. The Hall–Kier alpha value is -1.14. The van der Waals surface area contributed by atoms with E-state index >= 15 is 0 Å². The van der Waals surface area contributed by atoms with Crippen LogP contribution in [0.15, 0.2) is 24.3 Å². The predicted molar refractivity (Wildman–Crippen MR) is 64.0 cm³/mol. The number of ether oxygens (including phenoxy) is 1. The van der Waals surface area contributed by atoms with Crippen LogP contribution in [0.25, 0.3) is 0 Å². The fraction of sp³-hybridized carbons (Fsp3) is 0.222. The Balaban J connectivity index is 2.57. The SMILES string of the molecule is CSC(=S)OCc1ccc([N+](=O)[O-])cc1. The van der Waals surface area contributed by atoms with Gasteiger partial charge in [-0.05, 0) is 36.2 Å². The monoisotopic (exact) mass is 243 g/mol. The van der Waals surface area contributed by atoms with E-state index in [-0.39, 0.29) is 5.69 Å². The summed E-state index contributed by atoms with van der Waals surface area (Å²) in [6, 6.07) is 6.20. The third kappa shape index (κ3) is 3.85. The quantitative estimate of drug-likeness (QED) is 0.464. The molecule has 0 bridgehead atoms. The number of non-ortho nitro benzene ring substituents is 1. The van der Waals surface area contributed by atoms with E-state index in [1.54, 1.807) is 12.1 Å². The van der Waals surface area contributed by atoms with E-state index in [0.29, 0.717) is 11.0 Å². The second-order valence-corrected chi connectivity index (χ2v) is 4.07. The second-order valence-electron chi connectivity index (χ2n) is 2.67. The molecule has 0 aromatic heterocycles. The average Bonchev–Trinajstić information content (AvgIpc) is 2.26. The molecule has 80 valence electrons. The maximum Gasteiger partial charge on any atom is 0.269 e. The number of nitro groups is 1. The molecule has 0 saturated heterocycles. The van der Waals surface area contributed by atoms with Crippen LogP contribution in [0.1, 0.15) is 5.56 Å². The van der Waals surface area contributed by atoms with Crippen LogP contribution in [0.5, 0.6) is 0 Å². The van der Waals surface area contributed by atoms with E-state index in [0.717, 1.165) is 5.56 Å². The number of benzene rings is 1. The normalized spacial score (nSPS) is 9.67. The molecular weight excluding hydrogens is 234 g/mol. The molecule has 6 heteroatoms. The van der Waals surface area contributed by atoms with Crippen LogP contribution in [0, 0.1) is 10.1 Å². The van der Waals surface area contributed by atoms with Gasteiger partial charge in [0.05, 0.1) is 4.92 Å². The first-order chi connectivity index (χ1) is 7.13. The van der Waals surface area contributed by atoms with Crippen LogP contribution in [0.4, 0.5) is 5.69 Å². The molecule has 4 nitrogen and oxygen atoms in total. The van der Waals surface area contributed by atoms with Gasteiger partial charge in [0.25, 0.3) is 5.69 Å². The van der Waals surface area contributed by atoms with Gasteiger partial charge in [0.15, 0.2) is 0 Å². The summed E-state index contributed by atoms with van der Waals surface area (Å²) in [6.45, 7) is 0.345. The van der Waals surface area contributed by atoms with Crippen LogP contribution < -0.4 is 0 Å². The smallest absolute Gasteiger partial charge is 0.269 e. The minimum atomic E-state index is -0.433. The number of nitro benzene ring substituents is 1. The van der Waals surface area contributed by atoms with Gasteiger partial charge in [0.1, 0.15) is 6.61 Å². The van der Waals surface area contributed by atoms with Gasteiger partial charge in [-0.1, -0.05) is 11.8 Å². The lowest BCUT2D eigenvalue weighted by Gasteiger charge is -2.04. The van der Waals surface area contributed by atoms with Crippen LogP contribution in [0.2, 0.25) is 0 Å². The van der Waals surface area contributed by atoms with E-state index in [2.05, 4.69) is 0 Å². The second kappa shape index (κ2) is 5.67. The van der Waals surface area contributed by atoms with Crippen molar-refractivity contribution < 1.29 is 9.66 Å². The number of hydrogen-bond acceptors (Lipinski definition) is 5. The highest BCUT2D eigenvalue weighted by Crippen LogP contribution is 2.13. The van der Waals surface area contributed by atoms with E-state index in [4.69, 9.17) is 17.0 Å². The Morgan fingerprint density at radius 2 is 2.13 bits per heavy atom. The van der Waals surface area contributed by atoms with Crippen LogP contribution in [-0.4, -0.2) is 15.6 Å². The lowest BCUT2D eigenvalue weighted by Crippen LogP contribution is -1.97. The fourth-order valence-corrected chi connectivity index (χ4v) is 1.15. The highest BCUT2D eigenvalue weighted by molar-refractivity contribution is 8.22. The molecule has 1 aromatic carbocycles. The summed E-state index contributed by atoms with van der Waals surface area (Å²) >= 11 is 6.21. The van der Waals surface area contributed by atoms with Gasteiger partial charge in [-0.25, -0.2) is 0 Å². The Kier molecular flexibility index (Phi) is 4.51. The van der Waals surface area contributed by atoms with E-state index in [1.165, 1.54) is 23.9 Å². The summed E-state index contributed by atoms with van der Waals surface area (Å²) in [5.74, 6) is 0. The van der Waals surface area contributed by atoms with Crippen molar-refractivity contribution in [2.45, 2.75) is 6.61 Å². The first-order valence-corrected chi connectivity index (χ1v) is 5.71. The lowest BCUT2D eigenvalue weighted by molar-refractivity contribution is -0.384. The maximum absolute atomic E-state index is 10.4. The average molecular weight is 243 g/mol. The molecule has 0 heterocycles. The fourth-order valence-electron chi connectivity index (χ4n) is 0.915. The first kappa shape index (κ1) is 11.9. The zero-order chi connectivity index (χ0) is 11.3. The highest BCUT2D eigenvalue weighted by atomic mass is 32.2. The molecule has 0 aliphatic carbocycles. The van der Waals surface area contributed by atoms with Crippen molar-refractivity contribution in [3.05, 3.63) is 39.9 Å². The standard InChI is InChI=1S/C9H9NO3S2/c1-15-9(14)13-6-7-2-4-8(5-3-7)10(11)12/h2-5H,6H2,1H3. The molecule has 0 fully saturated rings. The van der Waals surface area contributed by atoms with Gasteiger partial charge in [-0.2, -0.15) is 0 Å². The van der Waals surface area contributed by atoms with Crippen molar-refractivity contribution in [1.82, 2.24) is 0 Å². The molecule has 1 aromatic rings. The third-order valence-electron chi connectivity index (χ3n) is 1.67. The van der Waals surface area contributed by atoms with E-state index < -0.39 is 4.92 Å². The molecule has 15 heavy (non-hydrogen) atoms. The third-order valence-corrected chi connectivity index (χ3v) is 2.74. The molecule has 1 rings (SSSR count). The molecule has 0 aliphatic rings. The Morgan fingerprint density at radius 1 is 1.53 bits per heavy atom. The molecule has 0 radical (unpaired) electrons. The van der Waals surface area contributed by atoms with Crippen molar-refractivity contribution in [2.75, 3.05) is 6.26 Å². The number of hydrogen-bond donors (Lipinski definition) is 0. The van der Waals surface area contributed by atoms with Crippen LogP contribution in [-0.2, 0) is 11.3 Å². The van der Waals surface area contributed by atoms with E-state index in [9.17, 15) is 10.1 Å². The van der Waals surface area contributed by atoms with Gasteiger partial charge in [-0.3, -0.25) is 10.1 Å². The minimum absolute atomic E-state index is 0.0752. The summed E-state index contributed by atoms with van der Waals surface area (Å²) < 4.78 is 5.67. The summed E-state index contributed by atoms with van der Waals surface area (Å²) in [7, 11) is 0. The zero-order valence-electron chi connectivity index (χ0n) is 8.00. The van der Waals surface area contributed by atoms with Crippen LogP contribution in [0.3, 0.4) is 0 Å². The highest BCUT2D eigenvalue weighted by Gasteiger charge is 2.04. The van der Waals surface area contributed by atoms with Gasteiger partial charge in [0.2, 0.25) is 4.38 Å². The van der Waals surface area contributed by atoms with E-state index in [1.807, 2.05) is 6.26 Å². The number of thioether (sulfide) groups is 1. The van der Waals surface area contributed by atoms with Crippen molar-refractivity contribution in [1.29, 1.82) is 0 Å². The molecule has 0 N–H and O–H groups in total. The Bertz CT molecular complexity index is 364. The molecular formula is C9H9NO3S2. The lowest BCUT2D eigenvalue weighted by atomic mass is 10.2. The summed E-state index contributed by atoms with van der Waals surface area (Å²) in [5.41, 5.74) is 0.934. The van der Waals surface area contributed by atoms with Crippen molar-refractivity contribution in [3.63, 3.8) is 0 Å².